The van der Waals surface area contributed by atoms with Gasteiger partial charge in [0.05, 0.1) is 12.2 Å². The molecule has 2 aromatic carbocycles. The molecule has 0 saturated heterocycles. The van der Waals surface area contributed by atoms with Gasteiger partial charge in [-0.05, 0) is 48.4 Å². The number of nitrogens with zero attached hydrogens (tertiary/aromatic N) is 2. The Labute approximate surface area is 162 Å². The van der Waals surface area contributed by atoms with Crippen molar-refractivity contribution >= 4 is 11.6 Å². The van der Waals surface area contributed by atoms with Crippen molar-refractivity contribution in [3.05, 3.63) is 78.6 Å². The molecule has 6 nitrogen and oxygen atoms in total. The minimum absolute atomic E-state index is 0.0284. The van der Waals surface area contributed by atoms with E-state index in [1.807, 2.05) is 61.5 Å². The van der Waals surface area contributed by atoms with Crippen LogP contribution in [0.25, 0.3) is 23.1 Å². The Hall–Kier alpha value is -3.67. The molecule has 6 heteroatoms. The fraction of sp³-hybridized carbons (Fsp3) is 0.136. The minimum atomic E-state index is -0.187. The molecule has 0 unspecified atom stereocenters. The third kappa shape index (κ3) is 3.71. The summed E-state index contributed by atoms with van der Waals surface area (Å²) in [5.41, 5.74) is 2.49. The highest BCUT2D eigenvalue weighted by Crippen LogP contribution is 2.26. The molecule has 1 amide bonds. The Morgan fingerprint density at radius 1 is 0.964 bits per heavy atom. The van der Waals surface area contributed by atoms with Crippen LogP contribution in [0.3, 0.4) is 0 Å². The lowest BCUT2D eigenvalue weighted by Gasteiger charge is -2.15. The van der Waals surface area contributed by atoms with Gasteiger partial charge in [0.2, 0.25) is 11.8 Å². The van der Waals surface area contributed by atoms with Crippen LogP contribution in [0.2, 0.25) is 0 Å². The summed E-state index contributed by atoms with van der Waals surface area (Å²) < 4.78 is 10.9. The number of carbonyl (C=O) groups is 1. The number of benzene rings is 2. The number of amides is 1. The van der Waals surface area contributed by atoms with Crippen LogP contribution in [0.4, 0.5) is 5.69 Å². The standard InChI is InChI=1S/C22H19N3O3/c1-2-18(15-7-4-3-5-8-15)20(26)23-17-12-10-16(11-13-17)21-24-25-22(28-21)19-9-6-14-27-19/h3-14,18H,2H2,1H3,(H,23,26)/t18-/m1/s1. The van der Waals surface area contributed by atoms with Crippen molar-refractivity contribution in [1.29, 1.82) is 0 Å². The smallest absolute Gasteiger partial charge is 0.283 e. The molecule has 28 heavy (non-hydrogen) atoms. The van der Waals surface area contributed by atoms with E-state index in [9.17, 15) is 4.79 Å². The molecular formula is C22H19N3O3. The van der Waals surface area contributed by atoms with Crippen LogP contribution in [-0.4, -0.2) is 16.1 Å². The summed E-state index contributed by atoms with van der Waals surface area (Å²) in [4.78, 5) is 12.7. The summed E-state index contributed by atoms with van der Waals surface area (Å²) in [6.07, 6.45) is 2.28. The zero-order chi connectivity index (χ0) is 19.3. The van der Waals surface area contributed by atoms with Crippen molar-refractivity contribution in [2.24, 2.45) is 0 Å². The first kappa shape index (κ1) is 17.7. The molecule has 0 aliphatic carbocycles. The Bertz CT molecular complexity index is 1040. The first-order valence-electron chi connectivity index (χ1n) is 9.08. The van der Waals surface area contributed by atoms with E-state index in [0.29, 0.717) is 23.2 Å². The number of rotatable bonds is 6. The number of hydrogen-bond donors (Lipinski definition) is 1. The van der Waals surface area contributed by atoms with Gasteiger partial charge in [-0.1, -0.05) is 37.3 Å². The molecule has 0 bridgehead atoms. The maximum atomic E-state index is 12.7. The summed E-state index contributed by atoms with van der Waals surface area (Å²) in [6.45, 7) is 2.01. The maximum Gasteiger partial charge on any atom is 0.283 e. The fourth-order valence-corrected chi connectivity index (χ4v) is 3.02. The Balaban J connectivity index is 1.47. The number of hydrogen-bond acceptors (Lipinski definition) is 5. The second-order valence-corrected chi connectivity index (χ2v) is 6.33. The molecule has 0 radical (unpaired) electrons. The summed E-state index contributed by atoms with van der Waals surface area (Å²) >= 11 is 0. The monoisotopic (exact) mass is 373 g/mol. The van der Waals surface area contributed by atoms with Gasteiger partial charge in [0.1, 0.15) is 0 Å². The van der Waals surface area contributed by atoms with E-state index in [1.165, 1.54) is 0 Å². The van der Waals surface area contributed by atoms with Crippen LogP contribution >= 0.6 is 0 Å². The van der Waals surface area contributed by atoms with E-state index in [0.717, 1.165) is 17.5 Å². The Kier molecular flexibility index (Phi) is 5.01. The molecule has 0 fully saturated rings. The van der Waals surface area contributed by atoms with Gasteiger partial charge in [0.15, 0.2) is 5.76 Å². The van der Waals surface area contributed by atoms with Crippen LogP contribution in [0.5, 0.6) is 0 Å². The molecule has 4 rings (SSSR count). The number of carbonyl (C=O) groups excluding carboxylic acids is 1. The van der Waals surface area contributed by atoms with Gasteiger partial charge < -0.3 is 14.2 Å². The van der Waals surface area contributed by atoms with Gasteiger partial charge in [-0.25, -0.2) is 0 Å². The highest BCUT2D eigenvalue weighted by Gasteiger charge is 2.18. The number of nitrogens with one attached hydrogen (secondary N) is 1. The maximum absolute atomic E-state index is 12.7. The van der Waals surface area contributed by atoms with Crippen LogP contribution in [0.15, 0.2) is 81.8 Å². The molecular weight excluding hydrogens is 354 g/mol. The van der Waals surface area contributed by atoms with Crippen LogP contribution in [0.1, 0.15) is 24.8 Å². The lowest BCUT2D eigenvalue weighted by Crippen LogP contribution is -2.20. The summed E-state index contributed by atoms with van der Waals surface area (Å²) in [5, 5.41) is 11.0. The molecule has 1 N–H and O–H groups in total. The van der Waals surface area contributed by atoms with Gasteiger partial charge in [0.25, 0.3) is 5.89 Å². The van der Waals surface area contributed by atoms with Crippen LogP contribution < -0.4 is 5.32 Å². The molecule has 4 aromatic rings. The summed E-state index contributed by atoms with van der Waals surface area (Å²) in [7, 11) is 0. The lowest BCUT2D eigenvalue weighted by atomic mass is 9.95. The normalized spacial score (nSPS) is 11.9. The molecule has 0 saturated carbocycles. The van der Waals surface area contributed by atoms with E-state index in [1.54, 1.807) is 18.4 Å². The molecule has 0 aliphatic heterocycles. The number of anilines is 1. The minimum Gasteiger partial charge on any atom is -0.459 e. The highest BCUT2D eigenvalue weighted by molar-refractivity contribution is 5.96. The van der Waals surface area contributed by atoms with Crippen LogP contribution in [-0.2, 0) is 4.79 Å². The van der Waals surface area contributed by atoms with Crippen molar-refractivity contribution in [1.82, 2.24) is 10.2 Å². The molecule has 2 aromatic heterocycles. The highest BCUT2D eigenvalue weighted by atomic mass is 16.4. The molecule has 140 valence electrons. The van der Waals surface area contributed by atoms with E-state index in [4.69, 9.17) is 8.83 Å². The third-order valence-corrected chi connectivity index (χ3v) is 4.48. The predicted octanol–water partition coefficient (Wildman–Crippen LogP) is 5.13. The van der Waals surface area contributed by atoms with E-state index in [-0.39, 0.29) is 11.8 Å². The number of aromatic nitrogens is 2. The van der Waals surface area contributed by atoms with Crippen molar-refractivity contribution < 1.29 is 13.6 Å². The molecule has 2 heterocycles. The lowest BCUT2D eigenvalue weighted by molar-refractivity contribution is -0.117. The van der Waals surface area contributed by atoms with Crippen molar-refractivity contribution in [3.8, 4) is 23.1 Å². The van der Waals surface area contributed by atoms with E-state index < -0.39 is 0 Å². The van der Waals surface area contributed by atoms with Crippen molar-refractivity contribution in [3.63, 3.8) is 0 Å². The zero-order valence-electron chi connectivity index (χ0n) is 15.3. The summed E-state index contributed by atoms with van der Waals surface area (Å²) in [5.74, 6) is 1.02. The Morgan fingerprint density at radius 2 is 1.71 bits per heavy atom. The second kappa shape index (κ2) is 7.92. The van der Waals surface area contributed by atoms with Gasteiger partial charge in [0, 0.05) is 11.3 Å². The average Bonchev–Trinajstić information content (AvgIpc) is 3.42. The molecule has 0 aliphatic rings. The van der Waals surface area contributed by atoms with Gasteiger partial charge in [-0.2, -0.15) is 0 Å². The predicted molar refractivity (Wildman–Crippen MR) is 106 cm³/mol. The SMILES string of the molecule is CC[C@@H](C(=O)Nc1ccc(-c2nnc(-c3ccco3)o2)cc1)c1ccccc1. The number of furan rings is 1. The largest absolute Gasteiger partial charge is 0.459 e. The second-order valence-electron chi connectivity index (χ2n) is 6.33. The summed E-state index contributed by atoms with van der Waals surface area (Å²) in [6, 6.07) is 20.6. The molecule has 0 spiro atoms. The third-order valence-electron chi connectivity index (χ3n) is 4.48. The van der Waals surface area contributed by atoms with Crippen molar-refractivity contribution in [2.45, 2.75) is 19.3 Å². The fourth-order valence-electron chi connectivity index (χ4n) is 3.02. The van der Waals surface area contributed by atoms with Gasteiger partial charge in [-0.15, -0.1) is 10.2 Å². The van der Waals surface area contributed by atoms with Gasteiger partial charge in [-0.3, -0.25) is 4.79 Å². The topological polar surface area (TPSA) is 81.2 Å². The van der Waals surface area contributed by atoms with Crippen molar-refractivity contribution in [2.75, 3.05) is 5.32 Å². The first-order valence-corrected chi connectivity index (χ1v) is 9.08. The van der Waals surface area contributed by atoms with E-state index >= 15 is 0 Å². The first-order chi connectivity index (χ1) is 13.7. The van der Waals surface area contributed by atoms with Gasteiger partial charge >= 0.3 is 0 Å². The quantitative estimate of drug-likeness (QED) is 0.507. The zero-order valence-corrected chi connectivity index (χ0v) is 15.3. The molecule has 1 atom stereocenters. The Morgan fingerprint density at radius 3 is 2.39 bits per heavy atom. The average molecular weight is 373 g/mol. The van der Waals surface area contributed by atoms with E-state index in [2.05, 4.69) is 15.5 Å². The van der Waals surface area contributed by atoms with Crippen LogP contribution in [0, 0.1) is 0 Å².